The van der Waals surface area contributed by atoms with Gasteiger partial charge in [-0.2, -0.15) is 5.10 Å². The summed E-state index contributed by atoms with van der Waals surface area (Å²) < 4.78 is 1.48. The molecule has 0 fully saturated rings. The molecule has 0 spiro atoms. The minimum absolute atomic E-state index is 0.108. The van der Waals surface area contributed by atoms with E-state index in [0.29, 0.717) is 11.4 Å². The number of nitro benzene ring substituents is 1. The number of rotatable bonds is 4. The average Bonchev–Trinajstić information content (AvgIpc) is 2.75. The molecule has 110 valence electrons. The summed E-state index contributed by atoms with van der Waals surface area (Å²) in [6, 6.07) is 3.70. The molecule has 3 N–H and O–H groups in total. The minimum Gasteiger partial charge on any atom is -0.384 e. The number of aromatic nitrogens is 2. The molecule has 1 aromatic heterocycles. The maximum absolute atomic E-state index is 12.0. The average molecular weight is 310 g/mol. The van der Waals surface area contributed by atoms with Crippen molar-refractivity contribution in [2.75, 3.05) is 5.73 Å². The molecule has 0 aliphatic heterocycles. The summed E-state index contributed by atoms with van der Waals surface area (Å²) >= 11 is 5.77. The van der Waals surface area contributed by atoms with Crippen LogP contribution in [0.4, 0.5) is 11.5 Å². The second kappa shape index (κ2) is 5.80. The van der Waals surface area contributed by atoms with Crippen LogP contribution in [0.25, 0.3) is 0 Å². The zero-order valence-electron chi connectivity index (χ0n) is 11.0. The number of nitrogens with one attached hydrogen (secondary N) is 1. The highest BCUT2D eigenvalue weighted by Gasteiger charge is 2.14. The highest BCUT2D eigenvalue weighted by atomic mass is 35.5. The van der Waals surface area contributed by atoms with Crippen LogP contribution in [0.5, 0.6) is 0 Å². The van der Waals surface area contributed by atoms with E-state index in [-0.39, 0.29) is 22.8 Å². The van der Waals surface area contributed by atoms with E-state index in [9.17, 15) is 14.9 Å². The van der Waals surface area contributed by atoms with Crippen LogP contribution in [0.3, 0.4) is 0 Å². The Morgan fingerprint density at radius 3 is 2.81 bits per heavy atom. The largest absolute Gasteiger partial charge is 0.384 e. The Labute approximate surface area is 124 Å². The number of nitrogen functional groups attached to an aromatic ring is 1. The van der Waals surface area contributed by atoms with Gasteiger partial charge in [-0.3, -0.25) is 19.6 Å². The monoisotopic (exact) mass is 309 g/mol. The van der Waals surface area contributed by atoms with Gasteiger partial charge in [-0.15, -0.1) is 0 Å². The number of nitro groups is 1. The van der Waals surface area contributed by atoms with Gasteiger partial charge in [0, 0.05) is 41.9 Å². The van der Waals surface area contributed by atoms with Crippen molar-refractivity contribution in [2.24, 2.45) is 7.05 Å². The predicted molar refractivity (Wildman–Crippen MR) is 76.9 cm³/mol. The van der Waals surface area contributed by atoms with Crippen molar-refractivity contribution in [3.05, 3.63) is 50.7 Å². The lowest BCUT2D eigenvalue weighted by Crippen LogP contribution is -2.23. The Kier molecular flexibility index (Phi) is 4.08. The van der Waals surface area contributed by atoms with Crippen molar-refractivity contribution in [1.29, 1.82) is 0 Å². The predicted octanol–water partition coefficient (Wildman–Crippen LogP) is 1.49. The van der Waals surface area contributed by atoms with Gasteiger partial charge in [0.05, 0.1) is 11.1 Å². The molecule has 0 radical (unpaired) electrons. The topological polar surface area (TPSA) is 116 Å². The van der Waals surface area contributed by atoms with Gasteiger partial charge in [0.15, 0.2) is 0 Å². The van der Waals surface area contributed by atoms with Crippen LogP contribution in [0.1, 0.15) is 15.9 Å². The summed E-state index contributed by atoms with van der Waals surface area (Å²) in [6.45, 7) is 0.165. The summed E-state index contributed by atoms with van der Waals surface area (Å²) in [5.41, 5.74) is 6.28. The number of benzene rings is 1. The van der Waals surface area contributed by atoms with Crippen LogP contribution >= 0.6 is 11.6 Å². The molecule has 0 unspecified atom stereocenters. The van der Waals surface area contributed by atoms with Crippen molar-refractivity contribution in [2.45, 2.75) is 6.54 Å². The van der Waals surface area contributed by atoms with Gasteiger partial charge < -0.3 is 11.1 Å². The number of halogens is 1. The van der Waals surface area contributed by atoms with Crippen LogP contribution in [0.15, 0.2) is 24.4 Å². The molecule has 2 aromatic rings. The normalized spacial score (nSPS) is 10.4. The third-order valence-electron chi connectivity index (χ3n) is 2.86. The van der Waals surface area contributed by atoms with E-state index in [1.165, 1.54) is 23.0 Å². The molecule has 9 heteroatoms. The number of anilines is 1. The first kappa shape index (κ1) is 14.8. The van der Waals surface area contributed by atoms with Crippen LogP contribution < -0.4 is 11.1 Å². The molecule has 0 atom stereocenters. The Balaban J connectivity index is 2.13. The summed E-state index contributed by atoms with van der Waals surface area (Å²) in [5.74, 6) is -0.0452. The molecular formula is C12H12ClN5O3. The molecule has 8 nitrogen and oxygen atoms in total. The summed E-state index contributed by atoms with van der Waals surface area (Å²) in [4.78, 5) is 22.1. The molecule has 2 rings (SSSR count). The number of aryl methyl sites for hydroxylation is 1. The number of nitrogens with two attached hydrogens (primary N) is 1. The van der Waals surface area contributed by atoms with Crippen LogP contribution in [0, 0.1) is 10.1 Å². The summed E-state index contributed by atoms with van der Waals surface area (Å²) in [5, 5.41) is 17.4. The molecule has 1 heterocycles. The molecule has 0 bridgehead atoms. The maximum atomic E-state index is 12.0. The van der Waals surface area contributed by atoms with Crippen molar-refractivity contribution < 1.29 is 9.72 Å². The Hall–Kier alpha value is -2.61. The van der Waals surface area contributed by atoms with Gasteiger partial charge in [-0.1, -0.05) is 11.6 Å². The first-order valence-electron chi connectivity index (χ1n) is 5.88. The third kappa shape index (κ3) is 3.29. The molecule has 1 amide bonds. The number of carbonyl (C=O) groups is 1. The van der Waals surface area contributed by atoms with E-state index in [1.54, 1.807) is 7.05 Å². The summed E-state index contributed by atoms with van der Waals surface area (Å²) in [7, 11) is 1.68. The van der Waals surface area contributed by atoms with Gasteiger partial charge in [-0.05, 0) is 6.07 Å². The number of nitrogens with zero attached hydrogens (tertiary/aromatic N) is 3. The number of non-ortho nitro benzene ring substituents is 1. The zero-order valence-corrected chi connectivity index (χ0v) is 11.8. The Morgan fingerprint density at radius 1 is 1.52 bits per heavy atom. The maximum Gasteiger partial charge on any atom is 0.271 e. The quantitative estimate of drug-likeness (QED) is 0.655. The fraction of sp³-hybridized carbons (Fsp3) is 0.167. The zero-order chi connectivity index (χ0) is 15.6. The second-order valence-corrected chi connectivity index (χ2v) is 4.75. The Bertz CT molecular complexity index is 713. The smallest absolute Gasteiger partial charge is 0.271 e. The third-order valence-corrected chi connectivity index (χ3v) is 3.08. The highest BCUT2D eigenvalue weighted by molar-refractivity contribution is 6.31. The van der Waals surface area contributed by atoms with Crippen molar-refractivity contribution in [3.8, 4) is 0 Å². The highest BCUT2D eigenvalue weighted by Crippen LogP contribution is 2.21. The van der Waals surface area contributed by atoms with Gasteiger partial charge in [0.25, 0.3) is 11.6 Å². The molecular weight excluding hydrogens is 298 g/mol. The number of hydrogen-bond donors (Lipinski definition) is 2. The first-order valence-corrected chi connectivity index (χ1v) is 6.26. The van der Waals surface area contributed by atoms with E-state index in [2.05, 4.69) is 10.4 Å². The second-order valence-electron chi connectivity index (χ2n) is 4.32. The lowest BCUT2D eigenvalue weighted by molar-refractivity contribution is -0.384. The van der Waals surface area contributed by atoms with Gasteiger partial charge in [-0.25, -0.2) is 0 Å². The van der Waals surface area contributed by atoms with Crippen LogP contribution in [-0.2, 0) is 13.6 Å². The fourth-order valence-electron chi connectivity index (χ4n) is 1.72. The minimum atomic E-state index is -0.609. The number of hydrogen-bond acceptors (Lipinski definition) is 5. The number of carbonyl (C=O) groups excluding carboxylic acids is 1. The van der Waals surface area contributed by atoms with Gasteiger partial charge in [0.1, 0.15) is 5.82 Å². The van der Waals surface area contributed by atoms with E-state index in [4.69, 9.17) is 17.3 Å². The van der Waals surface area contributed by atoms with Gasteiger partial charge in [0.2, 0.25) is 0 Å². The molecule has 21 heavy (non-hydrogen) atoms. The van der Waals surface area contributed by atoms with E-state index in [1.807, 2.05) is 0 Å². The van der Waals surface area contributed by atoms with Crippen molar-refractivity contribution in [1.82, 2.24) is 15.1 Å². The van der Waals surface area contributed by atoms with Gasteiger partial charge >= 0.3 is 0 Å². The fourth-order valence-corrected chi connectivity index (χ4v) is 1.95. The van der Waals surface area contributed by atoms with E-state index in [0.717, 1.165) is 6.07 Å². The summed E-state index contributed by atoms with van der Waals surface area (Å²) in [6.07, 6.45) is 1.54. The van der Waals surface area contributed by atoms with Crippen LogP contribution in [0.2, 0.25) is 5.02 Å². The lowest BCUT2D eigenvalue weighted by atomic mass is 10.2. The molecule has 1 aromatic carbocycles. The first-order chi connectivity index (χ1) is 9.88. The molecule has 0 aliphatic rings. The lowest BCUT2D eigenvalue weighted by Gasteiger charge is -2.05. The molecule has 0 aliphatic carbocycles. The van der Waals surface area contributed by atoms with Crippen molar-refractivity contribution in [3.63, 3.8) is 0 Å². The van der Waals surface area contributed by atoms with Crippen LogP contribution in [-0.4, -0.2) is 20.6 Å². The molecule has 0 saturated carbocycles. The van der Waals surface area contributed by atoms with E-state index >= 15 is 0 Å². The van der Waals surface area contributed by atoms with Crippen molar-refractivity contribution >= 4 is 29.0 Å². The number of amides is 1. The Morgan fingerprint density at radius 2 is 2.24 bits per heavy atom. The van der Waals surface area contributed by atoms with E-state index < -0.39 is 10.8 Å². The standard InChI is InChI=1S/C12H12ClN5O3/c1-17-11(14)8(6-16-17)5-15-12(19)7-2-9(13)4-10(3-7)18(20)21/h2-4,6H,5,14H2,1H3,(H,15,19). The SMILES string of the molecule is Cn1ncc(CNC(=O)c2cc(Cl)cc([N+](=O)[O-])c2)c1N. The molecule has 0 saturated heterocycles.